The molecule has 0 aliphatic carbocycles. The lowest BCUT2D eigenvalue weighted by atomic mass is 9.79. The first-order chi connectivity index (χ1) is 12.5. The molecule has 2 saturated heterocycles. The molecule has 2 aliphatic rings. The highest BCUT2D eigenvalue weighted by atomic mass is 16.2. The molecule has 5 nitrogen and oxygen atoms in total. The van der Waals surface area contributed by atoms with Gasteiger partial charge in [0.05, 0.1) is 18.3 Å². The Morgan fingerprint density at radius 2 is 1.63 bits per heavy atom. The van der Waals surface area contributed by atoms with Crippen LogP contribution in [0.5, 0.6) is 0 Å². The Morgan fingerprint density at radius 1 is 1.00 bits per heavy atom. The average molecular weight is 375 g/mol. The molecule has 5 heteroatoms. The highest BCUT2D eigenvalue weighted by molar-refractivity contribution is 5.82. The first-order valence-corrected chi connectivity index (χ1v) is 10.6. The fourth-order valence-corrected chi connectivity index (χ4v) is 4.70. The van der Waals surface area contributed by atoms with Gasteiger partial charge >= 0.3 is 0 Å². The molecule has 27 heavy (non-hydrogen) atoms. The molecule has 3 heterocycles. The smallest absolute Gasteiger partial charge is 0.239 e. The lowest BCUT2D eigenvalue weighted by molar-refractivity contribution is -0.136. The topological polar surface area (TPSA) is 41.4 Å². The van der Waals surface area contributed by atoms with Crippen molar-refractivity contribution in [2.75, 3.05) is 26.7 Å². The van der Waals surface area contributed by atoms with Gasteiger partial charge < -0.3 is 4.90 Å². The van der Waals surface area contributed by atoms with Crippen LogP contribution in [0.1, 0.15) is 84.5 Å². The number of carbonyl (C=O) groups is 1. The van der Waals surface area contributed by atoms with Crippen LogP contribution in [0.2, 0.25) is 0 Å². The van der Waals surface area contributed by atoms with Crippen LogP contribution in [-0.4, -0.2) is 58.2 Å². The van der Waals surface area contributed by atoms with Crippen LogP contribution < -0.4 is 0 Å². The zero-order chi connectivity index (χ0) is 20.0. The van der Waals surface area contributed by atoms with Gasteiger partial charge in [0.2, 0.25) is 5.91 Å². The number of piperidine rings is 1. The fourth-order valence-electron chi connectivity index (χ4n) is 4.70. The summed E-state index contributed by atoms with van der Waals surface area (Å²) in [7, 11) is 2.08. The minimum atomic E-state index is 0.0542. The summed E-state index contributed by atoms with van der Waals surface area (Å²) in [5, 5.41) is 4.84. The Labute approximate surface area is 165 Å². The van der Waals surface area contributed by atoms with Crippen molar-refractivity contribution in [3.63, 3.8) is 0 Å². The zero-order valence-electron chi connectivity index (χ0n) is 18.4. The number of hydrogen-bond donors (Lipinski definition) is 0. The van der Waals surface area contributed by atoms with E-state index in [1.165, 1.54) is 11.3 Å². The van der Waals surface area contributed by atoms with Gasteiger partial charge in [0.25, 0.3) is 0 Å². The minimum Gasteiger partial charge on any atom is -0.341 e. The molecule has 0 radical (unpaired) electrons. The maximum absolute atomic E-state index is 12.9. The number of likely N-dealkylation sites (tertiary alicyclic amines) is 2. The summed E-state index contributed by atoms with van der Waals surface area (Å²) in [6.07, 6.45) is 6.22. The lowest BCUT2D eigenvalue weighted by Gasteiger charge is -2.37. The number of hydrogen-bond acceptors (Lipinski definition) is 3. The summed E-state index contributed by atoms with van der Waals surface area (Å²) < 4.78 is 2.28. The van der Waals surface area contributed by atoms with E-state index < -0.39 is 0 Å². The van der Waals surface area contributed by atoms with Crippen LogP contribution in [0.4, 0.5) is 0 Å². The first-order valence-electron chi connectivity index (χ1n) is 10.6. The molecule has 0 unspecified atom stereocenters. The van der Waals surface area contributed by atoms with Crippen molar-refractivity contribution >= 4 is 5.91 Å². The predicted molar refractivity (Wildman–Crippen MR) is 110 cm³/mol. The molecule has 1 amide bonds. The van der Waals surface area contributed by atoms with Crippen molar-refractivity contribution in [2.24, 2.45) is 0 Å². The molecule has 0 bridgehead atoms. The van der Waals surface area contributed by atoms with Crippen molar-refractivity contribution < 1.29 is 4.79 Å². The van der Waals surface area contributed by atoms with Gasteiger partial charge in [-0.15, -0.1) is 0 Å². The van der Waals surface area contributed by atoms with Crippen molar-refractivity contribution in [3.05, 3.63) is 17.5 Å². The SMILES string of the molecule is CN1CCC[C@H]1C(=O)N1CCC(n2ncc(C(C)(C)C)c2C(C)(C)C)CC1. The minimum absolute atomic E-state index is 0.0542. The van der Waals surface area contributed by atoms with Gasteiger partial charge in [-0.2, -0.15) is 5.10 Å². The Kier molecular flexibility index (Phi) is 5.46. The van der Waals surface area contributed by atoms with Gasteiger partial charge in [-0.1, -0.05) is 41.5 Å². The van der Waals surface area contributed by atoms with E-state index in [0.29, 0.717) is 11.9 Å². The Bertz CT molecular complexity index is 671. The van der Waals surface area contributed by atoms with Gasteiger partial charge in [0.15, 0.2) is 0 Å². The third-order valence-corrected chi connectivity index (χ3v) is 6.24. The summed E-state index contributed by atoms with van der Waals surface area (Å²) in [6.45, 7) is 16.4. The van der Waals surface area contributed by atoms with E-state index in [4.69, 9.17) is 5.10 Å². The van der Waals surface area contributed by atoms with Gasteiger partial charge in [-0.25, -0.2) is 0 Å². The van der Waals surface area contributed by atoms with Crippen molar-refractivity contribution in [2.45, 2.75) is 90.1 Å². The summed E-state index contributed by atoms with van der Waals surface area (Å²) in [5.41, 5.74) is 2.85. The van der Waals surface area contributed by atoms with Crippen LogP contribution in [0.15, 0.2) is 6.20 Å². The Balaban J connectivity index is 1.75. The number of nitrogens with zero attached hydrogens (tertiary/aromatic N) is 4. The fraction of sp³-hybridized carbons (Fsp3) is 0.818. The molecule has 1 aromatic rings. The van der Waals surface area contributed by atoms with Gasteiger partial charge in [0.1, 0.15) is 0 Å². The van der Waals surface area contributed by atoms with Gasteiger partial charge in [-0.3, -0.25) is 14.4 Å². The molecule has 3 rings (SSSR count). The highest BCUT2D eigenvalue weighted by Gasteiger charge is 2.36. The third-order valence-electron chi connectivity index (χ3n) is 6.24. The van der Waals surface area contributed by atoms with Crippen molar-refractivity contribution in [1.29, 1.82) is 0 Å². The normalized spacial score (nSPS) is 23.2. The van der Waals surface area contributed by atoms with E-state index in [1.54, 1.807) is 0 Å². The molecule has 2 aliphatic heterocycles. The monoisotopic (exact) mass is 374 g/mol. The summed E-state index contributed by atoms with van der Waals surface area (Å²) >= 11 is 0. The van der Waals surface area contributed by atoms with E-state index >= 15 is 0 Å². The van der Waals surface area contributed by atoms with Crippen LogP contribution in [0, 0.1) is 0 Å². The second kappa shape index (κ2) is 7.23. The molecule has 2 fully saturated rings. The molecule has 0 N–H and O–H groups in total. The van der Waals surface area contributed by atoms with Gasteiger partial charge in [0, 0.05) is 24.2 Å². The van der Waals surface area contributed by atoms with Crippen LogP contribution in [0.25, 0.3) is 0 Å². The summed E-state index contributed by atoms with van der Waals surface area (Å²) in [4.78, 5) is 17.2. The van der Waals surface area contributed by atoms with Gasteiger partial charge in [-0.05, 0) is 50.3 Å². The van der Waals surface area contributed by atoms with E-state index in [-0.39, 0.29) is 16.9 Å². The largest absolute Gasteiger partial charge is 0.341 e. The maximum Gasteiger partial charge on any atom is 0.239 e. The van der Waals surface area contributed by atoms with Crippen molar-refractivity contribution in [1.82, 2.24) is 19.6 Å². The third kappa shape index (κ3) is 4.08. The molecule has 152 valence electrons. The second-order valence-electron chi connectivity index (χ2n) is 10.5. The molecule has 1 atom stereocenters. The predicted octanol–water partition coefficient (Wildman–Crippen LogP) is 3.74. The zero-order valence-corrected chi connectivity index (χ0v) is 18.4. The number of amides is 1. The molecular weight excluding hydrogens is 336 g/mol. The lowest BCUT2D eigenvalue weighted by Crippen LogP contribution is -2.47. The average Bonchev–Trinajstić information content (AvgIpc) is 3.20. The van der Waals surface area contributed by atoms with E-state index in [0.717, 1.165) is 45.3 Å². The van der Waals surface area contributed by atoms with E-state index in [9.17, 15) is 4.79 Å². The first kappa shape index (κ1) is 20.4. The maximum atomic E-state index is 12.9. The summed E-state index contributed by atoms with van der Waals surface area (Å²) in [6, 6.07) is 0.490. The number of aromatic nitrogens is 2. The molecule has 0 aromatic carbocycles. The van der Waals surface area contributed by atoms with Crippen molar-refractivity contribution in [3.8, 4) is 0 Å². The standard InChI is InChI=1S/C22H38N4O/c1-21(2,3)17-15-23-26(19(17)22(4,5)6)16-10-13-25(14-11-16)20(27)18-9-8-12-24(18)7/h15-16,18H,8-14H2,1-7H3/t18-/m0/s1. The summed E-state index contributed by atoms with van der Waals surface area (Å²) in [5.74, 6) is 0.334. The Hall–Kier alpha value is -1.36. The molecule has 0 spiro atoms. The Morgan fingerprint density at radius 3 is 2.11 bits per heavy atom. The molecule has 1 aromatic heterocycles. The number of rotatable bonds is 2. The number of carbonyl (C=O) groups excluding carboxylic acids is 1. The van der Waals surface area contributed by atoms with Crippen LogP contribution in [-0.2, 0) is 15.6 Å². The van der Waals surface area contributed by atoms with E-state index in [1.807, 2.05) is 0 Å². The number of likely N-dealkylation sites (N-methyl/N-ethyl adjacent to an activating group) is 1. The quantitative estimate of drug-likeness (QED) is 0.792. The van der Waals surface area contributed by atoms with Crippen LogP contribution in [0.3, 0.4) is 0 Å². The molecular formula is C22H38N4O. The van der Waals surface area contributed by atoms with E-state index in [2.05, 4.69) is 69.3 Å². The highest BCUT2D eigenvalue weighted by Crippen LogP contribution is 2.37. The molecule has 0 saturated carbocycles. The second-order valence-corrected chi connectivity index (χ2v) is 10.5. The van der Waals surface area contributed by atoms with Crippen LogP contribution >= 0.6 is 0 Å².